The van der Waals surface area contributed by atoms with Crippen LogP contribution in [0.5, 0.6) is 0 Å². The second-order valence-corrected chi connectivity index (χ2v) is 7.90. The fraction of sp³-hybridized carbons (Fsp3) is 0.381. The quantitative estimate of drug-likeness (QED) is 0.675. The first-order valence-corrected chi connectivity index (χ1v) is 9.96. The molecule has 0 radical (unpaired) electrons. The molecule has 0 spiro atoms. The van der Waals surface area contributed by atoms with Gasteiger partial charge in [-0.2, -0.15) is 0 Å². The number of hydrogen-bond acceptors (Lipinski definition) is 5. The average molecular weight is 390 g/mol. The van der Waals surface area contributed by atoms with E-state index in [1.807, 2.05) is 39.8 Å². The van der Waals surface area contributed by atoms with Crippen LogP contribution < -0.4 is 5.56 Å². The number of aromatic nitrogens is 5. The van der Waals surface area contributed by atoms with Crippen LogP contribution >= 0.6 is 0 Å². The summed E-state index contributed by atoms with van der Waals surface area (Å²) in [5.41, 5.74) is 3.09. The lowest BCUT2D eigenvalue weighted by atomic mass is 9.82. The van der Waals surface area contributed by atoms with E-state index in [4.69, 9.17) is 0 Å². The van der Waals surface area contributed by atoms with E-state index < -0.39 is 0 Å². The molecule has 3 aromatic rings. The molecule has 1 aromatic carbocycles. The van der Waals surface area contributed by atoms with Gasteiger partial charge in [-0.3, -0.25) is 9.59 Å². The van der Waals surface area contributed by atoms with Crippen molar-refractivity contribution in [1.29, 1.82) is 0 Å². The summed E-state index contributed by atoms with van der Waals surface area (Å²) >= 11 is 0. The SMILES string of the molecule is O=C(CCn1cnnn1)N1C[C@@H]2C[C@H](C1)c1cc(-c3ccccc3)cc(=O)n1C2. The zero-order valence-electron chi connectivity index (χ0n) is 16.0. The lowest BCUT2D eigenvalue weighted by molar-refractivity contribution is -0.134. The van der Waals surface area contributed by atoms with Crippen LogP contribution in [-0.2, 0) is 17.9 Å². The maximum Gasteiger partial charge on any atom is 0.251 e. The van der Waals surface area contributed by atoms with Crippen LogP contribution in [0.15, 0.2) is 53.6 Å². The fourth-order valence-corrected chi connectivity index (χ4v) is 4.61. The summed E-state index contributed by atoms with van der Waals surface area (Å²) in [6, 6.07) is 13.8. The zero-order chi connectivity index (χ0) is 19.8. The Morgan fingerprint density at radius 2 is 1.93 bits per heavy atom. The molecular weight excluding hydrogens is 368 g/mol. The van der Waals surface area contributed by atoms with E-state index in [0.29, 0.717) is 38.5 Å². The zero-order valence-corrected chi connectivity index (χ0v) is 16.0. The number of benzene rings is 1. The first-order chi connectivity index (χ1) is 14.2. The number of likely N-dealkylation sites (tertiary alicyclic amines) is 1. The summed E-state index contributed by atoms with van der Waals surface area (Å²) in [6.07, 6.45) is 2.92. The van der Waals surface area contributed by atoms with Crippen LogP contribution in [0.4, 0.5) is 0 Å². The van der Waals surface area contributed by atoms with E-state index in [-0.39, 0.29) is 17.4 Å². The van der Waals surface area contributed by atoms with Crippen molar-refractivity contribution in [3.63, 3.8) is 0 Å². The second-order valence-electron chi connectivity index (χ2n) is 7.90. The topological polar surface area (TPSA) is 85.9 Å². The van der Waals surface area contributed by atoms with Crippen molar-refractivity contribution in [1.82, 2.24) is 29.7 Å². The number of piperidine rings is 1. The molecule has 0 aliphatic carbocycles. The van der Waals surface area contributed by atoms with Gasteiger partial charge in [0, 0.05) is 43.7 Å². The predicted molar refractivity (Wildman–Crippen MR) is 106 cm³/mol. The van der Waals surface area contributed by atoms with E-state index in [1.54, 1.807) is 10.7 Å². The van der Waals surface area contributed by atoms with Crippen molar-refractivity contribution in [2.45, 2.75) is 31.8 Å². The van der Waals surface area contributed by atoms with Crippen molar-refractivity contribution in [3.05, 3.63) is 64.8 Å². The number of pyridine rings is 1. The molecule has 1 saturated heterocycles. The molecule has 1 amide bonds. The minimum Gasteiger partial charge on any atom is -0.342 e. The van der Waals surface area contributed by atoms with Crippen LogP contribution in [-0.4, -0.2) is 48.7 Å². The minimum absolute atomic E-state index is 0.0505. The van der Waals surface area contributed by atoms with Crippen molar-refractivity contribution < 1.29 is 4.79 Å². The Morgan fingerprint density at radius 3 is 2.72 bits per heavy atom. The highest BCUT2D eigenvalue weighted by atomic mass is 16.2. The van der Waals surface area contributed by atoms with Crippen LogP contribution in [0.25, 0.3) is 11.1 Å². The first kappa shape index (κ1) is 17.8. The number of aryl methyl sites for hydroxylation is 1. The van der Waals surface area contributed by atoms with Crippen LogP contribution in [0.3, 0.4) is 0 Å². The normalized spacial score (nSPS) is 20.3. The van der Waals surface area contributed by atoms with E-state index in [0.717, 1.165) is 23.2 Å². The average Bonchev–Trinajstić information content (AvgIpc) is 3.27. The molecular formula is C21H22N6O2. The monoisotopic (exact) mass is 390 g/mol. The summed E-state index contributed by atoms with van der Waals surface area (Å²) < 4.78 is 3.48. The Kier molecular flexibility index (Phi) is 4.46. The lowest BCUT2D eigenvalue weighted by Crippen LogP contribution is -2.49. The van der Waals surface area contributed by atoms with Gasteiger partial charge in [0.05, 0.1) is 6.54 Å². The Labute approximate surface area is 167 Å². The first-order valence-electron chi connectivity index (χ1n) is 9.96. The molecule has 2 aromatic heterocycles. The smallest absolute Gasteiger partial charge is 0.251 e. The number of amides is 1. The molecule has 8 nitrogen and oxygen atoms in total. The number of fused-ring (bicyclic) bond motifs is 4. The van der Waals surface area contributed by atoms with Gasteiger partial charge in [-0.1, -0.05) is 30.3 Å². The summed E-state index contributed by atoms with van der Waals surface area (Å²) in [4.78, 5) is 27.5. The van der Waals surface area contributed by atoms with Gasteiger partial charge in [0.25, 0.3) is 5.56 Å². The van der Waals surface area contributed by atoms with Crippen molar-refractivity contribution in [2.75, 3.05) is 13.1 Å². The molecule has 0 N–H and O–H groups in total. The molecule has 148 valence electrons. The predicted octanol–water partition coefficient (Wildman–Crippen LogP) is 1.54. The molecule has 29 heavy (non-hydrogen) atoms. The Balaban J connectivity index is 1.38. The largest absolute Gasteiger partial charge is 0.342 e. The van der Waals surface area contributed by atoms with Gasteiger partial charge >= 0.3 is 0 Å². The summed E-state index contributed by atoms with van der Waals surface area (Å²) in [7, 11) is 0. The van der Waals surface area contributed by atoms with E-state index in [1.165, 1.54) is 6.33 Å². The number of carbonyl (C=O) groups is 1. The number of rotatable bonds is 4. The third-order valence-corrected chi connectivity index (χ3v) is 5.96. The number of hydrogen-bond donors (Lipinski definition) is 0. The number of nitrogens with zero attached hydrogens (tertiary/aromatic N) is 6. The molecule has 2 aliphatic heterocycles. The molecule has 1 fully saturated rings. The van der Waals surface area contributed by atoms with Crippen molar-refractivity contribution in [3.8, 4) is 11.1 Å². The molecule has 8 heteroatoms. The van der Waals surface area contributed by atoms with Gasteiger partial charge in [-0.15, -0.1) is 5.10 Å². The molecule has 2 aliphatic rings. The van der Waals surface area contributed by atoms with Crippen LogP contribution in [0.1, 0.15) is 24.5 Å². The van der Waals surface area contributed by atoms with Gasteiger partial charge < -0.3 is 9.47 Å². The fourth-order valence-electron chi connectivity index (χ4n) is 4.61. The third kappa shape index (κ3) is 3.46. The van der Waals surface area contributed by atoms with Gasteiger partial charge in [-0.25, -0.2) is 4.68 Å². The Bertz CT molecular complexity index is 1080. The number of tetrazole rings is 1. The standard InChI is InChI=1S/C21H22N6O2/c28-20(6-7-26-14-22-23-24-26)25-11-15-8-18(13-25)19-9-17(10-21(29)27(19)12-15)16-4-2-1-3-5-16/h1-5,9-10,14-15,18H,6-8,11-13H2/t15-,18+/m0/s1. The van der Waals surface area contributed by atoms with E-state index in [2.05, 4.69) is 21.6 Å². The minimum atomic E-state index is 0.0505. The molecule has 4 heterocycles. The molecule has 0 saturated carbocycles. The van der Waals surface area contributed by atoms with Crippen LogP contribution in [0.2, 0.25) is 0 Å². The van der Waals surface area contributed by atoms with E-state index in [9.17, 15) is 9.59 Å². The highest BCUT2D eigenvalue weighted by Gasteiger charge is 2.36. The Hall–Kier alpha value is -3.29. The van der Waals surface area contributed by atoms with Crippen molar-refractivity contribution >= 4 is 5.91 Å². The molecule has 5 rings (SSSR count). The third-order valence-electron chi connectivity index (χ3n) is 5.96. The van der Waals surface area contributed by atoms with Gasteiger partial charge in [0.1, 0.15) is 6.33 Å². The summed E-state index contributed by atoms with van der Waals surface area (Å²) in [6.45, 7) is 2.52. The molecule has 0 unspecified atom stereocenters. The summed E-state index contributed by atoms with van der Waals surface area (Å²) in [5, 5.41) is 11.0. The maximum atomic E-state index is 12.8. The van der Waals surface area contributed by atoms with Crippen LogP contribution in [0, 0.1) is 5.92 Å². The summed E-state index contributed by atoms with van der Waals surface area (Å²) in [5.74, 6) is 0.625. The van der Waals surface area contributed by atoms with Gasteiger partial charge in [0.15, 0.2) is 0 Å². The second kappa shape index (κ2) is 7.27. The Morgan fingerprint density at radius 1 is 1.07 bits per heavy atom. The van der Waals surface area contributed by atoms with Gasteiger partial charge in [-0.05, 0) is 40.0 Å². The maximum absolute atomic E-state index is 12.8. The highest BCUT2D eigenvalue weighted by molar-refractivity contribution is 5.76. The molecule has 2 atom stereocenters. The van der Waals surface area contributed by atoms with E-state index >= 15 is 0 Å². The lowest BCUT2D eigenvalue weighted by Gasteiger charge is -2.43. The number of carbonyl (C=O) groups excluding carboxylic acids is 1. The molecule has 2 bridgehead atoms. The van der Waals surface area contributed by atoms with Gasteiger partial charge in [0.2, 0.25) is 5.91 Å². The highest BCUT2D eigenvalue weighted by Crippen LogP contribution is 2.36. The van der Waals surface area contributed by atoms with Crippen molar-refractivity contribution in [2.24, 2.45) is 5.92 Å².